The zero-order chi connectivity index (χ0) is 19.9. The summed E-state index contributed by atoms with van der Waals surface area (Å²) in [6, 6.07) is 18.8. The lowest BCUT2D eigenvalue weighted by atomic mass is 10.1. The quantitative estimate of drug-likeness (QED) is 0.337. The van der Waals surface area contributed by atoms with Gasteiger partial charge in [-0.15, -0.1) is 0 Å². The Morgan fingerprint density at radius 3 is 2.55 bits per heavy atom. The van der Waals surface area contributed by atoms with E-state index in [1.807, 2.05) is 16.9 Å². The van der Waals surface area contributed by atoms with Gasteiger partial charge >= 0.3 is 0 Å². The third kappa shape index (κ3) is 4.66. The second-order valence-electron chi connectivity index (χ2n) is 6.90. The van der Waals surface area contributed by atoms with Gasteiger partial charge in [-0.3, -0.25) is 4.99 Å². The van der Waals surface area contributed by atoms with Crippen LogP contribution in [0.4, 0.5) is 0 Å². The number of benzene rings is 2. The number of para-hydroxylation sites is 1. The smallest absolute Gasteiger partial charge is 0.190 e. The highest BCUT2D eigenvalue weighted by molar-refractivity contribution is 5.83. The molecule has 4 rings (SSSR count). The van der Waals surface area contributed by atoms with Gasteiger partial charge in [-0.2, -0.15) is 5.10 Å². The van der Waals surface area contributed by atoms with E-state index in [2.05, 4.69) is 80.4 Å². The van der Waals surface area contributed by atoms with E-state index in [1.165, 1.54) is 22.0 Å². The summed E-state index contributed by atoms with van der Waals surface area (Å²) in [6.07, 6.45) is 7.70. The summed E-state index contributed by atoms with van der Waals surface area (Å²) < 4.78 is 1.86. The Bertz CT molecular complexity index is 1060. The van der Waals surface area contributed by atoms with Gasteiger partial charge in [0, 0.05) is 49.6 Å². The van der Waals surface area contributed by atoms with Gasteiger partial charge in [0.25, 0.3) is 0 Å². The van der Waals surface area contributed by atoms with E-state index in [-0.39, 0.29) is 0 Å². The Morgan fingerprint density at radius 1 is 1.00 bits per heavy atom. The standard InChI is InChI=1S/C23H26N6/c1-24-23(26-15-12-19-17-27-22-6-3-2-5-21(19)22)25-14-11-18-7-9-20(10-8-18)29-16-4-13-28-29/h2-10,13,16-17,27H,11-12,14-15H2,1H3,(H2,24,25,26). The van der Waals surface area contributed by atoms with Crippen molar-refractivity contribution in [1.29, 1.82) is 0 Å². The summed E-state index contributed by atoms with van der Waals surface area (Å²) in [5.41, 5.74) is 4.86. The van der Waals surface area contributed by atoms with Crippen molar-refractivity contribution < 1.29 is 0 Å². The van der Waals surface area contributed by atoms with Crippen LogP contribution in [-0.4, -0.2) is 40.9 Å². The van der Waals surface area contributed by atoms with Crippen LogP contribution >= 0.6 is 0 Å². The number of nitrogens with one attached hydrogen (secondary N) is 3. The molecule has 0 radical (unpaired) electrons. The van der Waals surface area contributed by atoms with Crippen molar-refractivity contribution >= 4 is 16.9 Å². The minimum atomic E-state index is 0.827. The number of hydrogen-bond acceptors (Lipinski definition) is 2. The van der Waals surface area contributed by atoms with Gasteiger partial charge in [0.2, 0.25) is 0 Å². The highest BCUT2D eigenvalue weighted by Gasteiger charge is 2.04. The first-order valence-electron chi connectivity index (χ1n) is 9.92. The molecule has 2 aromatic carbocycles. The first-order valence-corrected chi connectivity index (χ1v) is 9.92. The van der Waals surface area contributed by atoms with Crippen LogP contribution in [0.25, 0.3) is 16.6 Å². The van der Waals surface area contributed by atoms with Gasteiger partial charge in [-0.25, -0.2) is 4.68 Å². The van der Waals surface area contributed by atoms with Gasteiger partial charge in [-0.05, 0) is 48.2 Å². The third-order valence-electron chi connectivity index (χ3n) is 5.00. The number of aliphatic imine (C=N–C) groups is 1. The number of rotatable bonds is 7. The monoisotopic (exact) mass is 386 g/mol. The van der Waals surface area contributed by atoms with Crippen molar-refractivity contribution in [2.24, 2.45) is 4.99 Å². The molecule has 0 unspecified atom stereocenters. The fraction of sp³-hybridized carbons (Fsp3) is 0.217. The van der Waals surface area contributed by atoms with E-state index in [4.69, 9.17) is 0 Å². The number of H-pyrrole nitrogens is 1. The molecule has 4 aromatic rings. The van der Waals surface area contributed by atoms with E-state index in [0.717, 1.165) is 37.6 Å². The summed E-state index contributed by atoms with van der Waals surface area (Å²) >= 11 is 0. The first-order chi connectivity index (χ1) is 14.3. The number of hydrogen-bond donors (Lipinski definition) is 3. The zero-order valence-corrected chi connectivity index (χ0v) is 16.6. The van der Waals surface area contributed by atoms with E-state index in [1.54, 1.807) is 13.2 Å². The predicted molar refractivity (Wildman–Crippen MR) is 119 cm³/mol. The Kier molecular flexibility index (Phi) is 5.90. The summed E-state index contributed by atoms with van der Waals surface area (Å²) in [7, 11) is 1.81. The zero-order valence-electron chi connectivity index (χ0n) is 16.6. The minimum Gasteiger partial charge on any atom is -0.361 e. The molecule has 0 aliphatic rings. The molecule has 0 atom stereocenters. The lowest BCUT2D eigenvalue weighted by Crippen LogP contribution is -2.39. The van der Waals surface area contributed by atoms with E-state index in [0.29, 0.717) is 0 Å². The lowest BCUT2D eigenvalue weighted by Gasteiger charge is -2.12. The molecule has 3 N–H and O–H groups in total. The molecule has 2 heterocycles. The average molecular weight is 387 g/mol. The molecule has 0 bridgehead atoms. The normalized spacial score (nSPS) is 11.7. The maximum Gasteiger partial charge on any atom is 0.190 e. The second-order valence-corrected chi connectivity index (χ2v) is 6.90. The van der Waals surface area contributed by atoms with Crippen molar-refractivity contribution in [3.8, 4) is 5.69 Å². The molecule has 0 saturated carbocycles. The Balaban J connectivity index is 1.22. The first kappa shape index (κ1) is 18.8. The molecular weight excluding hydrogens is 360 g/mol. The third-order valence-corrected chi connectivity index (χ3v) is 5.00. The molecule has 148 valence electrons. The van der Waals surface area contributed by atoms with Gasteiger partial charge in [0.1, 0.15) is 0 Å². The largest absolute Gasteiger partial charge is 0.361 e. The molecule has 6 heteroatoms. The Labute approximate surface area is 170 Å². The highest BCUT2D eigenvalue weighted by Crippen LogP contribution is 2.17. The van der Waals surface area contributed by atoms with Crippen molar-refractivity contribution in [3.05, 3.63) is 84.3 Å². The van der Waals surface area contributed by atoms with Crippen molar-refractivity contribution in [2.45, 2.75) is 12.8 Å². The van der Waals surface area contributed by atoms with Crippen molar-refractivity contribution in [3.63, 3.8) is 0 Å². The topological polar surface area (TPSA) is 70.0 Å². The summed E-state index contributed by atoms with van der Waals surface area (Å²) in [4.78, 5) is 7.65. The maximum atomic E-state index is 4.32. The molecule has 2 aromatic heterocycles. The lowest BCUT2D eigenvalue weighted by molar-refractivity contribution is 0.785. The predicted octanol–water partition coefficient (Wildman–Crippen LogP) is 3.30. The van der Waals surface area contributed by atoms with Crippen molar-refractivity contribution in [2.75, 3.05) is 20.1 Å². The molecular formula is C23H26N6. The number of aromatic nitrogens is 3. The van der Waals surface area contributed by atoms with E-state index < -0.39 is 0 Å². The second kappa shape index (κ2) is 9.10. The number of nitrogens with zero attached hydrogens (tertiary/aromatic N) is 3. The molecule has 0 aliphatic heterocycles. The van der Waals surface area contributed by atoms with Gasteiger partial charge in [0.05, 0.1) is 5.69 Å². The van der Waals surface area contributed by atoms with Crippen LogP contribution in [0.3, 0.4) is 0 Å². The van der Waals surface area contributed by atoms with Gasteiger partial charge in [0.15, 0.2) is 5.96 Å². The van der Waals surface area contributed by atoms with Crippen LogP contribution in [0.15, 0.2) is 78.2 Å². The van der Waals surface area contributed by atoms with Crippen LogP contribution in [0.1, 0.15) is 11.1 Å². The molecule has 29 heavy (non-hydrogen) atoms. The average Bonchev–Trinajstić information content (AvgIpc) is 3.44. The van der Waals surface area contributed by atoms with Gasteiger partial charge < -0.3 is 15.6 Å². The summed E-state index contributed by atoms with van der Waals surface area (Å²) in [6.45, 7) is 1.66. The Hall–Kier alpha value is -3.54. The number of fused-ring (bicyclic) bond motifs is 1. The molecule has 0 saturated heterocycles. The number of guanidine groups is 1. The number of aromatic amines is 1. The molecule has 0 amide bonds. The fourth-order valence-corrected chi connectivity index (χ4v) is 3.44. The van der Waals surface area contributed by atoms with Crippen molar-refractivity contribution in [1.82, 2.24) is 25.4 Å². The molecule has 6 nitrogen and oxygen atoms in total. The van der Waals surface area contributed by atoms with E-state index >= 15 is 0 Å². The molecule has 0 spiro atoms. The van der Waals surface area contributed by atoms with Crippen LogP contribution in [0.5, 0.6) is 0 Å². The Morgan fingerprint density at radius 2 is 1.79 bits per heavy atom. The van der Waals surface area contributed by atoms with Crippen LogP contribution in [0, 0.1) is 0 Å². The van der Waals surface area contributed by atoms with Gasteiger partial charge in [-0.1, -0.05) is 30.3 Å². The molecule has 0 fully saturated rings. The van der Waals surface area contributed by atoms with Crippen LogP contribution in [-0.2, 0) is 12.8 Å². The fourth-order valence-electron chi connectivity index (χ4n) is 3.44. The SMILES string of the molecule is CN=C(NCCc1ccc(-n2cccn2)cc1)NCCc1c[nH]c2ccccc12. The van der Waals surface area contributed by atoms with Crippen LogP contribution in [0.2, 0.25) is 0 Å². The molecule has 0 aliphatic carbocycles. The summed E-state index contributed by atoms with van der Waals surface area (Å²) in [5, 5.41) is 12.3. The van der Waals surface area contributed by atoms with Crippen LogP contribution < -0.4 is 10.6 Å². The maximum absolute atomic E-state index is 4.32. The van der Waals surface area contributed by atoms with E-state index in [9.17, 15) is 0 Å². The highest BCUT2D eigenvalue weighted by atomic mass is 15.3. The minimum absolute atomic E-state index is 0.827. The summed E-state index contributed by atoms with van der Waals surface area (Å²) in [5.74, 6) is 0.831.